The van der Waals surface area contributed by atoms with Crippen LogP contribution in [0.5, 0.6) is 0 Å². The molecule has 1 saturated heterocycles. The molecule has 0 radical (unpaired) electrons. The van der Waals surface area contributed by atoms with E-state index in [1.54, 1.807) is 43.0 Å². The maximum absolute atomic E-state index is 12.7. The van der Waals surface area contributed by atoms with Crippen molar-refractivity contribution in [3.63, 3.8) is 0 Å². The Morgan fingerprint density at radius 1 is 1.38 bits per heavy atom. The molecule has 2 heterocycles. The number of benzene rings is 1. The summed E-state index contributed by atoms with van der Waals surface area (Å²) in [6, 6.07) is 9.05. The van der Waals surface area contributed by atoms with Gasteiger partial charge in [-0.15, -0.1) is 0 Å². The number of hydrogen-bond donors (Lipinski definition) is 0. The van der Waals surface area contributed by atoms with Crippen molar-refractivity contribution in [2.75, 3.05) is 24.5 Å². The predicted molar refractivity (Wildman–Crippen MR) is 87.3 cm³/mol. The lowest BCUT2D eigenvalue weighted by Crippen LogP contribution is -2.57. The summed E-state index contributed by atoms with van der Waals surface area (Å²) in [5.74, 6) is -0.443. The van der Waals surface area contributed by atoms with Gasteiger partial charge in [-0.1, -0.05) is 17.3 Å². The van der Waals surface area contributed by atoms with E-state index in [0.717, 1.165) is 5.71 Å². The summed E-state index contributed by atoms with van der Waals surface area (Å²) in [6.07, 6.45) is 0.428. The number of amides is 2. The lowest BCUT2D eigenvalue weighted by Gasteiger charge is -2.37. The van der Waals surface area contributed by atoms with Gasteiger partial charge >= 0.3 is 0 Å². The zero-order valence-corrected chi connectivity index (χ0v) is 13.7. The van der Waals surface area contributed by atoms with Crippen molar-refractivity contribution in [3.8, 4) is 6.07 Å². The van der Waals surface area contributed by atoms with Crippen LogP contribution < -0.4 is 4.90 Å². The molecule has 3 rings (SSSR count). The molecule has 0 bridgehead atoms. The van der Waals surface area contributed by atoms with Crippen LogP contribution >= 0.6 is 0 Å². The van der Waals surface area contributed by atoms with Crippen LogP contribution in [0.15, 0.2) is 29.4 Å². The van der Waals surface area contributed by atoms with Crippen LogP contribution in [-0.4, -0.2) is 47.7 Å². The average molecular weight is 326 g/mol. The van der Waals surface area contributed by atoms with Gasteiger partial charge in [0, 0.05) is 19.5 Å². The van der Waals surface area contributed by atoms with E-state index in [2.05, 4.69) is 11.2 Å². The Hall–Kier alpha value is -2.88. The lowest BCUT2D eigenvalue weighted by molar-refractivity contribution is -0.155. The van der Waals surface area contributed by atoms with Crippen molar-refractivity contribution in [1.82, 2.24) is 4.90 Å². The molecular formula is C17H18N4O3. The first-order chi connectivity index (χ1) is 11.4. The standard InChI is InChI=1S/C17H18N4O3/c1-12-9-17(2,24-19-12)16(23)20-7-8-21(15(22)11-20)14-6-4-3-5-13(14)10-18/h3-6H,7-9,11H2,1-2H3. The van der Waals surface area contributed by atoms with Crippen LogP contribution in [-0.2, 0) is 14.4 Å². The van der Waals surface area contributed by atoms with Gasteiger partial charge < -0.3 is 14.6 Å². The Labute approximate surface area is 140 Å². The molecule has 7 heteroatoms. The maximum atomic E-state index is 12.7. The minimum absolute atomic E-state index is 0.0312. The van der Waals surface area contributed by atoms with Gasteiger partial charge in [0.05, 0.1) is 17.0 Å². The molecule has 1 aromatic rings. The molecule has 0 saturated carbocycles. The largest absolute Gasteiger partial charge is 0.379 e. The number of oxime groups is 1. The first kappa shape index (κ1) is 16.0. The first-order valence-electron chi connectivity index (χ1n) is 7.75. The Balaban J connectivity index is 1.73. The highest BCUT2D eigenvalue weighted by Crippen LogP contribution is 2.28. The van der Waals surface area contributed by atoms with E-state index in [1.165, 1.54) is 4.90 Å². The molecule has 0 spiro atoms. The average Bonchev–Trinajstić information content (AvgIpc) is 2.94. The van der Waals surface area contributed by atoms with Gasteiger partial charge in [-0.3, -0.25) is 9.59 Å². The highest BCUT2D eigenvalue weighted by molar-refractivity contribution is 6.01. The summed E-state index contributed by atoms with van der Waals surface area (Å²) < 4.78 is 0. The van der Waals surface area contributed by atoms with Crippen molar-refractivity contribution in [2.24, 2.45) is 5.16 Å². The van der Waals surface area contributed by atoms with Gasteiger partial charge in [0.1, 0.15) is 12.6 Å². The van der Waals surface area contributed by atoms with Crippen molar-refractivity contribution in [1.29, 1.82) is 5.26 Å². The second-order valence-electron chi connectivity index (χ2n) is 6.23. The van der Waals surface area contributed by atoms with Gasteiger partial charge in [0.25, 0.3) is 5.91 Å². The fourth-order valence-electron chi connectivity index (χ4n) is 3.09. The molecule has 1 fully saturated rings. The number of anilines is 1. The molecule has 2 amide bonds. The smallest absolute Gasteiger partial charge is 0.270 e. The summed E-state index contributed by atoms with van der Waals surface area (Å²) in [4.78, 5) is 33.5. The normalized spacial score (nSPS) is 23.5. The third-order valence-electron chi connectivity index (χ3n) is 4.27. The number of para-hydroxylation sites is 1. The van der Waals surface area contributed by atoms with Gasteiger partial charge in [0.15, 0.2) is 0 Å². The summed E-state index contributed by atoms with van der Waals surface area (Å²) in [6.45, 7) is 4.20. The van der Waals surface area contributed by atoms with Crippen molar-refractivity contribution >= 4 is 23.2 Å². The molecule has 124 valence electrons. The second kappa shape index (κ2) is 5.96. The van der Waals surface area contributed by atoms with E-state index >= 15 is 0 Å². The molecule has 0 aromatic heterocycles. The van der Waals surface area contributed by atoms with Crippen molar-refractivity contribution in [2.45, 2.75) is 25.9 Å². The zero-order valence-electron chi connectivity index (χ0n) is 13.7. The minimum atomic E-state index is -1.03. The highest BCUT2D eigenvalue weighted by atomic mass is 16.7. The third-order valence-corrected chi connectivity index (χ3v) is 4.27. The van der Waals surface area contributed by atoms with E-state index in [-0.39, 0.29) is 18.4 Å². The predicted octanol–water partition coefficient (Wildman–Crippen LogP) is 1.29. The highest BCUT2D eigenvalue weighted by Gasteiger charge is 2.45. The quantitative estimate of drug-likeness (QED) is 0.819. The number of carbonyl (C=O) groups is 2. The summed E-state index contributed by atoms with van der Waals surface area (Å²) in [5.41, 5.74) is 0.760. The number of nitrogens with zero attached hydrogens (tertiary/aromatic N) is 4. The molecule has 1 unspecified atom stereocenters. The Morgan fingerprint density at radius 3 is 2.75 bits per heavy atom. The Kier molecular flexibility index (Phi) is 3.97. The van der Waals surface area contributed by atoms with Gasteiger partial charge in [-0.2, -0.15) is 5.26 Å². The molecule has 1 aromatic carbocycles. The molecule has 1 atom stereocenters. The van der Waals surface area contributed by atoms with Crippen LogP contribution in [0.2, 0.25) is 0 Å². The maximum Gasteiger partial charge on any atom is 0.270 e. The van der Waals surface area contributed by atoms with E-state index in [4.69, 9.17) is 4.84 Å². The van der Waals surface area contributed by atoms with Crippen molar-refractivity contribution in [3.05, 3.63) is 29.8 Å². The van der Waals surface area contributed by atoms with Crippen molar-refractivity contribution < 1.29 is 14.4 Å². The fraction of sp³-hybridized carbons (Fsp3) is 0.412. The minimum Gasteiger partial charge on any atom is -0.379 e. The van der Waals surface area contributed by atoms with Crippen LogP contribution in [0.1, 0.15) is 25.8 Å². The van der Waals surface area contributed by atoms with Crippen LogP contribution in [0.25, 0.3) is 0 Å². The van der Waals surface area contributed by atoms with Gasteiger partial charge in [-0.05, 0) is 26.0 Å². The number of carbonyl (C=O) groups excluding carboxylic acids is 2. The van der Waals surface area contributed by atoms with E-state index in [9.17, 15) is 14.9 Å². The first-order valence-corrected chi connectivity index (χ1v) is 7.75. The summed E-state index contributed by atoms with van der Waals surface area (Å²) in [7, 11) is 0. The molecule has 2 aliphatic heterocycles. The molecule has 24 heavy (non-hydrogen) atoms. The summed E-state index contributed by atoms with van der Waals surface area (Å²) >= 11 is 0. The van der Waals surface area contributed by atoms with E-state index < -0.39 is 5.60 Å². The number of piperazine rings is 1. The SMILES string of the molecule is CC1=NOC(C)(C(=O)N2CCN(c3ccccc3C#N)C(=O)C2)C1. The second-order valence-corrected chi connectivity index (χ2v) is 6.23. The molecule has 0 aliphatic carbocycles. The van der Waals surface area contributed by atoms with E-state index in [0.29, 0.717) is 30.8 Å². The molecule has 0 N–H and O–H groups in total. The van der Waals surface area contributed by atoms with Gasteiger partial charge in [-0.25, -0.2) is 0 Å². The Morgan fingerprint density at radius 2 is 2.12 bits per heavy atom. The van der Waals surface area contributed by atoms with E-state index in [1.807, 2.05) is 0 Å². The topological polar surface area (TPSA) is 86.0 Å². The fourth-order valence-corrected chi connectivity index (χ4v) is 3.09. The molecule has 7 nitrogen and oxygen atoms in total. The Bertz CT molecular complexity index is 767. The van der Waals surface area contributed by atoms with Crippen LogP contribution in [0, 0.1) is 11.3 Å². The van der Waals surface area contributed by atoms with Crippen LogP contribution in [0.3, 0.4) is 0 Å². The number of hydrogen-bond acceptors (Lipinski definition) is 5. The monoisotopic (exact) mass is 326 g/mol. The summed E-state index contributed by atoms with van der Waals surface area (Å²) in [5, 5.41) is 13.0. The third kappa shape index (κ3) is 2.71. The number of nitriles is 1. The van der Waals surface area contributed by atoms with Gasteiger partial charge in [0.2, 0.25) is 11.5 Å². The number of rotatable bonds is 2. The lowest BCUT2D eigenvalue weighted by atomic mass is 9.98. The molecular weight excluding hydrogens is 308 g/mol. The molecule has 2 aliphatic rings. The zero-order chi connectivity index (χ0) is 17.3. The van der Waals surface area contributed by atoms with Crippen LogP contribution in [0.4, 0.5) is 5.69 Å².